The molecular weight excluding hydrogens is 414 g/mol. The fraction of sp³-hybridized carbons (Fsp3) is 0.238. The van der Waals surface area contributed by atoms with Crippen molar-refractivity contribution in [1.82, 2.24) is 0 Å². The summed E-state index contributed by atoms with van der Waals surface area (Å²) in [6, 6.07) is 7.29. The number of hydrogen-bond acceptors (Lipinski definition) is 5. The van der Waals surface area contributed by atoms with Gasteiger partial charge in [-0.25, -0.2) is 4.79 Å². The van der Waals surface area contributed by atoms with Gasteiger partial charge in [0.1, 0.15) is 10.6 Å². The molecule has 0 atom stereocenters. The molecule has 4 nitrogen and oxygen atoms in total. The zero-order chi connectivity index (χ0) is 20.4. The van der Waals surface area contributed by atoms with Crippen molar-refractivity contribution in [3.63, 3.8) is 0 Å². The van der Waals surface area contributed by atoms with Crippen LogP contribution in [0.15, 0.2) is 35.0 Å². The summed E-state index contributed by atoms with van der Waals surface area (Å²) in [6.45, 7) is 7.46. The minimum atomic E-state index is -0.486. The predicted octanol–water partition coefficient (Wildman–Crippen LogP) is 6.56. The Morgan fingerprint density at radius 2 is 1.79 bits per heavy atom. The zero-order valence-corrected chi connectivity index (χ0v) is 18.3. The molecule has 0 fully saturated rings. The van der Waals surface area contributed by atoms with Crippen molar-refractivity contribution in [3.05, 3.63) is 61.6 Å². The molecule has 0 saturated carbocycles. The van der Waals surface area contributed by atoms with Crippen molar-refractivity contribution in [3.8, 4) is 11.1 Å². The number of benzene rings is 1. The van der Waals surface area contributed by atoms with E-state index < -0.39 is 5.97 Å². The standard InChI is InChI=1S/C21H20ClNO3S2/c1-11(2)26-21(25)18-16(14-7-5-6-8-17(14)22)10-28-20(18)23-19(24)15-9-27-13(4)12(15)3/h5-11H,1-4H3,(H,23,24). The van der Waals surface area contributed by atoms with Crippen molar-refractivity contribution in [2.75, 3.05) is 5.32 Å². The van der Waals surface area contributed by atoms with Crippen LogP contribution in [0.4, 0.5) is 5.00 Å². The number of carbonyl (C=O) groups is 2. The maximum atomic E-state index is 12.8. The average Bonchev–Trinajstić information content (AvgIpc) is 3.19. The summed E-state index contributed by atoms with van der Waals surface area (Å²) in [4.78, 5) is 26.7. The van der Waals surface area contributed by atoms with Gasteiger partial charge in [0.15, 0.2) is 0 Å². The third-order valence-corrected chi connectivity index (χ3v) is 6.50. The monoisotopic (exact) mass is 433 g/mol. The van der Waals surface area contributed by atoms with Crippen LogP contribution in [0.2, 0.25) is 5.02 Å². The first-order chi connectivity index (χ1) is 13.3. The minimum Gasteiger partial charge on any atom is -0.459 e. The number of rotatable bonds is 5. The molecule has 146 valence electrons. The topological polar surface area (TPSA) is 55.4 Å². The summed E-state index contributed by atoms with van der Waals surface area (Å²) < 4.78 is 5.43. The van der Waals surface area contributed by atoms with Crippen molar-refractivity contribution in [1.29, 1.82) is 0 Å². The number of halogens is 1. The van der Waals surface area contributed by atoms with Gasteiger partial charge in [-0.05, 0) is 39.3 Å². The van der Waals surface area contributed by atoms with Gasteiger partial charge in [0, 0.05) is 31.8 Å². The summed E-state index contributed by atoms with van der Waals surface area (Å²) in [5, 5.41) is 7.52. The first-order valence-electron chi connectivity index (χ1n) is 8.73. The second-order valence-corrected chi connectivity index (χ2v) is 8.94. The van der Waals surface area contributed by atoms with E-state index in [1.165, 1.54) is 22.7 Å². The molecule has 0 saturated heterocycles. The number of hydrogen-bond donors (Lipinski definition) is 1. The van der Waals surface area contributed by atoms with E-state index in [0.29, 0.717) is 26.7 Å². The van der Waals surface area contributed by atoms with Crippen LogP contribution in [0.25, 0.3) is 11.1 Å². The first kappa shape index (κ1) is 20.6. The third kappa shape index (κ3) is 4.14. The Morgan fingerprint density at radius 1 is 1.07 bits per heavy atom. The molecule has 3 rings (SSSR count). The van der Waals surface area contributed by atoms with Crippen LogP contribution in [-0.2, 0) is 4.74 Å². The zero-order valence-electron chi connectivity index (χ0n) is 16.0. The number of amides is 1. The number of ether oxygens (including phenoxy) is 1. The molecule has 1 aromatic carbocycles. The minimum absolute atomic E-state index is 0.243. The molecule has 2 aromatic heterocycles. The molecule has 1 N–H and O–H groups in total. The van der Waals surface area contributed by atoms with Crippen LogP contribution in [0.5, 0.6) is 0 Å². The van der Waals surface area contributed by atoms with Gasteiger partial charge in [-0.2, -0.15) is 0 Å². The lowest BCUT2D eigenvalue weighted by Gasteiger charge is -2.12. The highest BCUT2D eigenvalue weighted by Gasteiger charge is 2.25. The number of anilines is 1. The van der Waals surface area contributed by atoms with Gasteiger partial charge in [-0.3, -0.25) is 4.79 Å². The maximum absolute atomic E-state index is 12.8. The Labute approximate surface area is 177 Å². The lowest BCUT2D eigenvalue weighted by atomic mass is 10.0. The normalized spacial score (nSPS) is 10.9. The van der Waals surface area contributed by atoms with E-state index in [0.717, 1.165) is 16.0 Å². The van der Waals surface area contributed by atoms with Crippen LogP contribution in [0.3, 0.4) is 0 Å². The summed E-state index contributed by atoms with van der Waals surface area (Å²) in [5.74, 6) is -0.729. The highest BCUT2D eigenvalue weighted by molar-refractivity contribution is 7.15. The van der Waals surface area contributed by atoms with E-state index in [4.69, 9.17) is 16.3 Å². The Morgan fingerprint density at radius 3 is 2.39 bits per heavy atom. The van der Waals surface area contributed by atoms with Crippen molar-refractivity contribution < 1.29 is 14.3 Å². The maximum Gasteiger partial charge on any atom is 0.342 e. The summed E-state index contributed by atoms with van der Waals surface area (Å²) in [6.07, 6.45) is -0.281. The molecule has 2 heterocycles. The van der Waals surface area contributed by atoms with E-state index in [2.05, 4.69) is 5.32 Å². The molecule has 0 spiro atoms. The molecule has 0 aliphatic carbocycles. The quantitative estimate of drug-likeness (QED) is 0.463. The summed E-state index contributed by atoms with van der Waals surface area (Å²) in [5.41, 5.74) is 3.24. The Bertz CT molecular complexity index is 1040. The van der Waals surface area contributed by atoms with Gasteiger partial charge in [0.05, 0.1) is 11.7 Å². The lowest BCUT2D eigenvalue weighted by Crippen LogP contribution is -2.17. The molecule has 3 aromatic rings. The van der Waals surface area contributed by atoms with E-state index in [9.17, 15) is 9.59 Å². The van der Waals surface area contributed by atoms with E-state index >= 15 is 0 Å². The largest absolute Gasteiger partial charge is 0.459 e. The van der Waals surface area contributed by atoms with E-state index in [1.54, 1.807) is 19.9 Å². The average molecular weight is 434 g/mol. The molecule has 0 bridgehead atoms. The number of thiophene rings is 2. The number of aryl methyl sites for hydroxylation is 1. The number of esters is 1. The molecule has 0 radical (unpaired) electrons. The Kier molecular flexibility index (Phi) is 6.23. The summed E-state index contributed by atoms with van der Waals surface area (Å²) >= 11 is 9.15. The Balaban J connectivity index is 2.04. The third-order valence-electron chi connectivity index (χ3n) is 4.26. The van der Waals surface area contributed by atoms with Crippen molar-refractivity contribution in [2.45, 2.75) is 33.8 Å². The predicted molar refractivity (Wildman–Crippen MR) is 117 cm³/mol. The fourth-order valence-corrected chi connectivity index (χ4v) is 4.76. The van der Waals surface area contributed by atoms with Crippen LogP contribution in [-0.4, -0.2) is 18.0 Å². The first-order valence-corrected chi connectivity index (χ1v) is 10.9. The number of nitrogens with one attached hydrogen (secondary N) is 1. The number of carbonyl (C=O) groups excluding carboxylic acids is 2. The molecule has 7 heteroatoms. The Hall–Kier alpha value is -2.15. The van der Waals surface area contributed by atoms with Crippen LogP contribution in [0.1, 0.15) is 45.0 Å². The molecule has 28 heavy (non-hydrogen) atoms. The molecule has 0 unspecified atom stereocenters. The second kappa shape index (κ2) is 8.47. The second-order valence-electron chi connectivity index (χ2n) is 6.57. The molecule has 1 amide bonds. The van der Waals surface area contributed by atoms with Crippen molar-refractivity contribution in [2.24, 2.45) is 0 Å². The van der Waals surface area contributed by atoms with Gasteiger partial charge in [0.2, 0.25) is 0 Å². The van der Waals surface area contributed by atoms with E-state index in [1.807, 2.05) is 42.8 Å². The highest BCUT2D eigenvalue weighted by Crippen LogP contribution is 2.39. The highest BCUT2D eigenvalue weighted by atomic mass is 35.5. The molecule has 0 aliphatic rings. The smallest absolute Gasteiger partial charge is 0.342 e. The van der Waals surface area contributed by atoms with Crippen LogP contribution >= 0.6 is 34.3 Å². The van der Waals surface area contributed by atoms with E-state index in [-0.39, 0.29) is 12.0 Å². The fourth-order valence-electron chi connectivity index (χ4n) is 2.71. The van der Waals surface area contributed by atoms with Gasteiger partial charge >= 0.3 is 5.97 Å². The lowest BCUT2D eigenvalue weighted by molar-refractivity contribution is 0.0380. The van der Waals surface area contributed by atoms with Crippen molar-refractivity contribution >= 4 is 51.2 Å². The van der Waals surface area contributed by atoms with Gasteiger partial charge in [0.25, 0.3) is 5.91 Å². The van der Waals surface area contributed by atoms with Gasteiger partial charge < -0.3 is 10.1 Å². The van der Waals surface area contributed by atoms with Gasteiger partial charge in [-0.15, -0.1) is 22.7 Å². The van der Waals surface area contributed by atoms with Gasteiger partial charge in [-0.1, -0.05) is 29.8 Å². The molecule has 0 aliphatic heterocycles. The van der Waals surface area contributed by atoms with Crippen LogP contribution < -0.4 is 5.32 Å². The van der Waals surface area contributed by atoms with Crippen LogP contribution in [0, 0.1) is 13.8 Å². The SMILES string of the molecule is Cc1scc(C(=O)Nc2scc(-c3ccccc3Cl)c2C(=O)OC(C)C)c1C. The molecular formula is C21H20ClNO3S2. The summed E-state index contributed by atoms with van der Waals surface area (Å²) in [7, 11) is 0.